The molecule has 0 amide bonds. The second-order valence-electron chi connectivity index (χ2n) is 4.58. The van der Waals surface area contributed by atoms with Crippen LogP contribution in [0.3, 0.4) is 0 Å². The summed E-state index contributed by atoms with van der Waals surface area (Å²) in [6.07, 6.45) is 2.00. The predicted octanol–water partition coefficient (Wildman–Crippen LogP) is 0.692. The number of hydrogen-bond donors (Lipinski definition) is 3. The number of nitrogen functional groups attached to an aromatic ring is 1. The zero-order chi connectivity index (χ0) is 13.9. The molecule has 0 saturated heterocycles. The van der Waals surface area contributed by atoms with E-state index in [0.29, 0.717) is 13.1 Å². The number of aromatic nitrogens is 2. The van der Waals surface area contributed by atoms with Gasteiger partial charge < -0.3 is 11.1 Å². The number of thioether (sulfide) groups is 1. The molecular formula is C11H20N4O2S. The van der Waals surface area contributed by atoms with Gasteiger partial charge in [-0.1, -0.05) is 0 Å². The summed E-state index contributed by atoms with van der Waals surface area (Å²) < 4.78 is 1.31. The van der Waals surface area contributed by atoms with Gasteiger partial charge in [-0.15, -0.1) is 0 Å². The first kappa shape index (κ1) is 14.7. The molecule has 102 valence electrons. The third-order valence-corrected chi connectivity index (χ3v) is 4.05. The molecule has 1 rings (SSSR count). The molecule has 0 aliphatic heterocycles. The summed E-state index contributed by atoms with van der Waals surface area (Å²) in [5.41, 5.74) is 5.15. The number of nitrogens with one attached hydrogen (secondary N) is 2. The SMILES string of the molecule is CCn1c(N)c(NCC(C)(C)SC)c(=O)[nH]c1=O. The highest BCUT2D eigenvalue weighted by Crippen LogP contribution is 2.22. The van der Waals surface area contributed by atoms with Crippen LogP contribution in [0.1, 0.15) is 20.8 Å². The fourth-order valence-corrected chi connectivity index (χ4v) is 1.66. The van der Waals surface area contributed by atoms with Gasteiger partial charge in [0.25, 0.3) is 5.56 Å². The van der Waals surface area contributed by atoms with Crippen molar-refractivity contribution >= 4 is 23.3 Å². The van der Waals surface area contributed by atoms with Crippen molar-refractivity contribution < 1.29 is 0 Å². The molecule has 18 heavy (non-hydrogen) atoms. The molecule has 1 aromatic heterocycles. The summed E-state index contributed by atoms with van der Waals surface area (Å²) in [6.45, 7) is 6.92. The summed E-state index contributed by atoms with van der Waals surface area (Å²) in [5.74, 6) is 0.183. The van der Waals surface area contributed by atoms with Crippen molar-refractivity contribution in [3.05, 3.63) is 20.8 Å². The van der Waals surface area contributed by atoms with Crippen LogP contribution in [0.4, 0.5) is 11.5 Å². The fraction of sp³-hybridized carbons (Fsp3) is 0.636. The van der Waals surface area contributed by atoms with Gasteiger partial charge in [-0.3, -0.25) is 14.3 Å². The van der Waals surface area contributed by atoms with Gasteiger partial charge in [0.05, 0.1) is 0 Å². The summed E-state index contributed by atoms with van der Waals surface area (Å²) >= 11 is 1.69. The Labute approximate surface area is 110 Å². The maximum absolute atomic E-state index is 11.7. The van der Waals surface area contributed by atoms with Crippen molar-refractivity contribution in [2.45, 2.75) is 32.1 Å². The van der Waals surface area contributed by atoms with Gasteiger partial charge in [0.1, 0.15) is 11.5 Å². The maximum Gasteiger partial charge on any atom is 0.330 e. The lowest BCUT2D eigenvalue weighted by molar-refractivity contribution is 0.701. The second-order valence-corrected chi connectivity index (χ2v) is 6.09. The predicted molar refractivity (Wildman–Crippen MR) is 77.5 cm³/mol. The molecule has 0 radical (unpaired) electrons. The lowest BCUT2D eigenvalue weighted by Gasteiger charge is -2.23. The molecule has 0 saturated carbocycles. The Hall–Kier alpha value is -1.37. The lowest BCUT2D eigenvalue weighted by Crippen LogP contribution is -2.36. The van der Waals surface area contributed by atoms with E-state index in [0.717, 1.165) is 0 Å². The Morgan fingerprint density at radius 1 is 1.44 bits per heavy atom. The van der Waals surface area contributed by atoms with Crippen molar-refractivity contribution in [1.82, 2.24) is 9.55 Å². The molecule has 0 aliphatic rings. The van der Waals surface area contributed by atoms with Gasteiger partial charge in [-0.25, -0.2) is 4.79 Å². The first-order valence-electron chi connectivity index (χ1n) is 5.74. The summed E-state index contributed by atoms with van der Waals surface area (Å²) in [5, 5.41) is 3.03. The molecule has 6 nitrogen and oxygen atoms in total. The van der Waals surface area contributed by atoms with Crippen molar-refractivity contribution in [2.24, 2.45) is 0 Å². The fourth-order valence-electron chi connectivity index (χ4n) is 1.45. The van der Waals surface area contributed by atoms with E-state index >= 15 is 0 Å². The number of nitrogens with zero attached hydrogens (tertiary/aromatic N) is 1. The Morgan fingerprint density at radius 2 is 2.06 bits per heavy atom. The average molecular weight is 272 g/mol. The highest BCUT2D eigenvalue weighted by Gasteiger charge is 2.18. The zero-order valence-corrected chi connectivity index (χ0v) is 12.0. The molecule has 0 bridgehead atoms. The van der Waals surface area contributed by atoms with E-state index in [4.69, 9.17) is 5.73 Å². The minimum Gasteiger partial charge on any atom is -0.383 e. The van der Waals surface area contributed by atoms with E-state index in [1.807, 2.05) is 6.26 Å². The quantitative estimate of drug-likeness (QED) is 0.733. The summed E-state index contributed by atoms with van der Waals surface area (Å²) in [4.78, 5) is 25.5. The van der Waals surface area contributed by atoms with Crippen LogP contribution in [-0.2, 0) is 6.54 Å². The number of H-pyrrole nitrogens is 1. The Balaban J connectivity index is 3.11. The van der Waals surface area contributed by atoms with Crippen LogP contribution in [0.5, 0.6) is 0 Å². The van der Waals surface area contributed by atoms with Crippen LogP contribution in [0.2, 0.25) is 0 Å². The third-order valence-electron chi connectivity index (χ3n) is 2.80. The van der Waals surface area contributed by atoms with Crippen LogP contribution in [0, 0.1) is 0 Å². The highest BCUT2D eigenvalue weighted by molar-refractivity contribution is 7.99. The van der Waals surface area contributed by atoms with Crippen LogP contribution in [-0.4, -0.2) is 27.1 Å². The van der Waals surface area contributed by atoms with Crippen LogP contribution < -0.4 is 22.3 Å². The van der Waals surface area contributed by atoms with E-state index in [1.165, 1.54) is 4.57 Å². The van der Waals surface area contributed by atoms with E-state index in [2.05, 4.69) is 24.1 Å². The molecule has 0 aromatic carbocycles. The third kappa shape index (κ3) is 3.10. The monoisotopic (exact) mass is 272 g/mol. The van der Waals surface area contributed by atoms with E-state index in [1.54, 1.807) is 18.7 Å². The molecular weight excluding hydrogens is 252 g/mol. The normalized spacial score (nSPS) is 11.6. The second kappa shape index (κ2) is 5.51. The van der Waals surface area contributed by atoms with E-state index in [9.17, 15) is 9.59 Å². The molecule has 1 heterocycles. The standard InChI is InChI=1S/C11H20N4O2S/c1-5-15-8(12)7(9(16)14-10(15)17)13-6-11(2,3)18-4/h13H,5-6,12H2,1-4H3,(H,14,16,17). The van der Waals surface area contributed by atoms with Crippen molar-refractivity contribution in [2.75, 3.05) is 23.9 Å². The topological polar surface area (TPSA) is 92.9 Å². The molecule has 7 heteroatoms. The van der Waals surface area contributed by atoms with Gasteiger partial charge in [0.2, 0.25) is 0 Å². The van der Waals surface area contributed by atoms with Crippen molar-refractivity contribution in [3.63, 3.8) is 0 Å². The molecule has 0 fully saturated rings. The highest BCUT2D eigenvalue weighted by atomic mass is 32.2. The average Bonchev–Trinajstić information content (AvgIpc) is 2.28. The molecule has 0 atom stereocenters. The van der Waals surface area contributed by atoms with Gasteiger partial charge in [0.15, 0.2) is 0 Å². The Morgan fingerprint density at radius 3 is 2.56 bits per heavy atom. The molecule has 0 unspecified atom stereocenters. The number of nitrogens with two attached hydrogens (primary N) is 1. The van der Waals surface area contributed by atoms with Crippen LogP contribution in [0.25, 0.3) is 0 Å². The van der Waals surface area contributed by atoms with Crippen molar-refractivity contribution in [1.29, 1.82) is 0 Å². The largest absolute Gasteiger partial charge is 0.383 e. The van der Waals surface area contributed by atoms with E-state index < -0.39 is 11.2 Å². The smallest absolute Gasteiger partial charge is 0.330 e. The summed E-state index contributed by atoms with van der Waals surface area (Å²) in [7, 11) is 0. The van der Waals surface area contributed by atoms with Gasteiger partial charge in [-0.2, -0.15) is 11.8 Å². The van der Waals surface area contributed by atoms with Crippen LogP contribution in [0.15, 0.2) is 9.59 Å². The van der Waals surface area contributed by atoms with E-state index in [-0.39, 0.29) is 16.3 Å². The Kier molecular flexibility index (Phi) is 4.50. The summed E-state index contributed by atoms with van der Waals surface area (Å²) in [6, 6.07) is 0. The van der Waals surface area contributed by atoms with Crippen molar-refractivity contribution in [3.8, 4) is 0 Å². The lowest BCUT2D eigenvalue weighted by atomic mass is 10.2. The minimum absolute atomic E-state index is 0.0218. The first-order valence-corrected chi connectivity index (χ1v) is 6.96. The Bertz CT molecular complexity index is 533. The minimum atomic E-state index is -0.477. The molecule has 0 spiro atoms. The molecule has 4 N–H and O–H groups in total. The molecule has 1 aromatic rings. The first-order chi connectivity index (χ1) is 8.32. The number of aromatic amines is 1. The van der Waals surface area contributed by atoms with Crippen LogP contribution >= 0.6 is 11.8 Å². The van der Waals surface area contributed by atoms with Gasteiger partial charge in [-0.05, 0) is 27.0 Å². The zero-order valence-electron chi connectivity index (χ0n) is 11.2. The maximum atomic E-state index is 11.7. The number of hydrogen-bond acceptors (Lipinski definition) is 5. The van der Waals surface area contributed by atoms with Gasteiger partial charge >= 0.3 is 5.69 Å². The number of rotatable bonds is 5. The molecule has 0 aliphatic carbocycles. The number of anilines is 2. The van der Waals surface area contributed by atoms with Gasteiger partial charge in [0, 0.05) is 17.8 Å².